The molecule has 0 amide bonds. The summed E-state index contributed by atoms with van der Waals surface area (Å²) in [5, 5.41) is 44.5. The Morgan fingerprint density at radius 1 is 0.923 bits per heavy atom. The maximum Gasteiger partial charge on any atom is 0.0570 e. The van der Waals surface area contributed by atoms with Crippen LogP contribution in [0.2, 0.25) is 0 Å². The maximum atomic E-state index is 9.28. The molecular formula is C8H18O5. The number of hydrogen-bond donors (Lipinski definition) is 5. The highest BCUT2D eigenvalue weighted by Crippen LogP contribution is 2.23. The van der Waals surface area contributed by atoms with Gasteiger partial charge in [0, 0.05) is 12.0 Å². The summed E-state index contributed by atoms with van der Waals surface area (Å²) in [4.78, 5) is 0. The molecule has 0 spiro atoms. The van der Waals surface area contributed by atoms with Crippen LogP contribution in [0.25, 0.3) is 0 Å². The van der Waals surface area contributed by atoms with Crippen molar-refractivity contribution < 1.29 is 25.5 Å². The van der Waals surface area contributed by atoms with Gasteiger partial charge in [-0.2, -0.15) is 0 Å². The lowest BCUT2D eigenvalue weighted by Gasteiger charge is -2.29. The molecule has 0 rings (SSSR count). The Hall–Kier alpha value is -0.200. The first-order valence-electron chi connectivity index (χ1n) is 4.25. The first-order chi connectivity index (χ1) is 6.14. The largest absolute Gasteiger partial charge is 0.396 e. The van der Waals surface area contributed by atoms with Gasteiger partial charge in [0.15, 0.2) is 0 Å². The van der Waals surface area contributed by atoms with Crippen molar-refractivity contribution >= 4 is 0 Å². The summed E-state index contributed by atoms with van der Waals surface area (Å²) in [6, 6.07) is 0. The summed E-state index contributed by atoms with van der Waals surface area (Å²) in [7, 11) is 0. The van der Waals surface area contributed by atoms with Gasteiger partial charge in [-0.05, 0) is 12.8 Å². The van der Waals surface area contributed by atoms with E-state index in [1.807, 2.05) is 0 Å². The van der Waals surface area contributed by atoms with Gasteiger partial charge >= 0.3 is 0 Å². The molecule has 80 valence electrons. The molecule has 0 aliphatic rings. The molecular weight excluding hydrogens is 176 g/mol. The van der Waals surface area contributed by atoms with Gasteiger partial charge in [0.2, 0.25) is 0 Å². The lowest BCUT2D eigenvalue weighted by molar-refractivity contribution is -0.0340. The van der Waals surface area contributed by atoms with Gasteiger partial charge in [0.1, 0.15) is 0 Å². The van der Waals surface area contributed by atoms with E-state index in [9.17, 15) is 5.11 Å². The minimum atomic E-state index is -1.05. The Bertz CT molecular complexity index is 115. The van der Waals surface area contributed by atoms with Crippen LogP contribution in [0, 0.1) is 5.41 Å². The molecule has 5 nitrogen and oxygen atoms in total. The number of aliphatic hydroxyl groups excluding tert-OH is 5. The second-order valence-electron chi connectivity index (χ2n) is 3.34. The van der Waals surface area contributed by atoms with Crippen LogP contribution in [0.4, 0.5) is 0 Å². The molecule has 0 aromatic heterocycles. The topological polar surface area (TPSA) is 101 Å². The van der Waals surface area contributed by atoms with Crippen LogP contribution in [-0.4, -0.2) is 58.1 Å². The van der Waals surface area contributed by atoms with Crippen molar-refractivity contribution in [2.45, 2.75) is 18.9 Å². The van der Waals surface area contributed by atoms with Crippen LogP contribution in [0.1, 0.15) is 12.8 Å². The van der Waals surface area contributed by atoms with E-state index >= 15 is 0 Å². The van der Waals surface area contributed by atoms with Gasteiger partial charge in [0.25, 0.3) is 0 Å². The van der Waals surface area contributed by atoms with Gasteiger partial charge in [0.05, 0.1) is 25.9 Å². The first kappa shape index (κ1) is 12.8. The third-order valence-electron chi connectivity index (χ3n) is 2.14. The van der Waals surface area contributed by atoms with Crippen LogP contribution >= 0.6 is 0 Å². The summed E-state index contributed by atoms with van der Waals surface area (Å²) in [5.74, 6) is 0. The summed E-state index contributed by atoms with van der Waals surface area (Å²) < 4.78 is 0. The van der Waals surface area contributed by atoms with Gasteiger partial charge in [-0.3, -0.25) is 0 Å². The highest BCUT2D eigenvalue weighted by atomic mass is 16.3. The Balaban J connectivity index is 4.07. The quantitative estimate of drug-likeness (QED) is 0.325. The number of aliphatic hydroxyl groups is 5. The van der Waals surface area contributed by atoms with Crippen LogP contribution in [0.15, 0.2) is 0 Å². The van der Waals surface area contributed by atoms with Crippen LogP contribution in [0.5, 0.6) is 0 Å². The second-order valence-corrected chi connectivity index (χ2v) is 3.34. The van der Waals surface area contributed by atoms with E-state index in [2.05, 4.69) is 0 Å². The number of hydrogen-bond acceptors (Lipinski definition) is 5. The molecule has 1 unspecified atom stereocenters. The van der Waals surface area contributed by atoms with Crippen molar-refractivity contribution in [3.8, 4) is 0 Å². The minimum absolute atomic E-state index is 0.0804. The fourth-order valence-electron chi connectivity index (χ4n) is 1.09. The first-order valence-corrected chi connectivity index (χ1v) is 4.25. The molecule has 1 atom stereocenters. The van der Waals surface area contributed by atoms with Crippen molar-refractivity contribution in [1.29, 1.82) is 0 Å². The molecule has 0 saturated carbocycles. The zero-order chi connectivity index (χ0) is 10.3. The monoisotopic (exact) mass is 194 g/mol. The summed E-state index contributed by atoms with van der Waals surface area (Å²) in [5.41, 5.74) is -1.05. The van der Waals surface area contributed by atoms with Crippen LogP contribution < -0.4 is 0 Å². The highest BCUT2D eigenvalue weighted by molar-refractivity contribution is 4.80. The Morgan fingerprint density at radius 2 is 1.38 bits per heavy atom. The van der Waals surface area contributed by atoms with E-state index < -0.39 is 11.5 Å². The Labute approximate surface area is 77.3 Å². The molecule has 0 aliphatic heterocycles. The molecule has 0 fully saturated rings. The molecule has 0 aromatic rings. The maximum absolute atomic E-state index is 9.28. The van der Waals surface area contributed by atoms with Crippen LogP contribution in [0.3, 0.4) is 0 Å². The Morgan fingerprint density at radius 3 is 1.69 bits per heavy atom. The molecule has 13 heavy (non-hydrogen) atoms. The van der Waals surface area contributed by atoms with Crippen molar-refractivity contribution in [1.82, 2.24) is 0 Å². The van der Waals surface area contributed by atoms with E-state index in [1.165, 1.54) is 0 Å². The molecule has 0 aromatic carbocycles. The predicted molar refractivity (Wildman–Crippen MR) is 46.0 cm³/mol. The molecule has 0 bridgehead atoms. The summed E-state index contributed by atoms with van der Waals surface area (Å²) in [6.07, 6.45) is -0.546. The van der Waals surface area contributed by atoms with Gasteiger partial charge < -0.3 is 25.5 Å². The third kappa shape index (κ3) is 4.02. The lowest BCUT2D eigenvalue weighted by Crippen LogP contribution is -2.37. The van der Waals surface area contributed by atoms with Crippen molar-refractivity contribution in [3.63, 3.8) is 0 Å². The molecule has 0 heterocycles. The fourth-order valence-corrected chi connectivity index (χ4v) is 1.09. The Kier molecular flexibility index (Phi) is 6.19. The van der Waals surface area contributed by atoms with Crippen molar-refractivity contribution in [3.05, 3.63) is 0 Å². The average Bonchev–Trinajstić information content (AvgIpc) is 2.15. The molecule has 5 N–H and O–H groups in total. The van der Waals surface area contributed by atoms with E-state index in [1.54, 1.807) is 0 Å². The summed E-state index contributed by atoms with van der Waals surface area (Å²) >= 11 is 0. The smallest absolute Gasteiger partial charge is 0.0570 e. The normalized spacial score (nSPS) is 14.5. The standard InChI is InChI=1S/C8H18O5/c9-2-1-7(13)3-8(4-10,5-11)6-12/h7,9-13H,1-6H2. The van der Waals surface area contributed by atoms with E-state index in [0.29, 0.717) is 0 Å². The summed E-state index contributed by atoms with van der Waals surface area (Å²) in [6.45, 7) is -1.31. The van der Waals surface area contributed by atoms with E-state index in [-0.39, 0.29) is 39.3 Å². The zero-order valence-electron chi connectivity index (χ0n) is 7.56. The second kappa shape index (κ2) is 6.28. The predicted octanol–water partition coefficient (Wildman–Crippen LogP) is -1.92. The molecule has 0 saturated heterocycles. The fraction of sp³-hybridized carbons (Fsp3) is 1.00. The van der Waals surface area contributed by atoms with E-state index in [0.717, 1.165) is 0 Å². The molecule has 0 aliphatic carbocycles. The SMILES string of the molecule is OCCC(O)CC(CO)(CO)CO. The third-order valence-corrected chi connectivity index (χ3v) is 2.14. The van der Waals surface area contributed by atoms with E-state index in [4.69, 9.17) is 20.4 Å². The lowest BCUT2D eigenvalue weighted by atomic mass is 9.84. The van der Waals surface area contributed by atoms with Gasteiger partial charge in [-0.25, -0.2) is 0 Å². The van der Waals surface area contributed by atoms with Crippen molar-refractivity contribution in [2.75, 3.05) is 26.4 Å². The van der Waals surface area contributed by atoms with Crippen molar-refractivity contribution in [2.24, 2.45) is 5.41 Å². The highest BCUT2D eigenvalue weighted by Gasteiger charge is 2.30. The van der Waals surface area contributed by atoms with Gasteiger partial charge in [-0.15, -0.1) is 0 Å². The minimum Gasteiger partial charge on any atom is -0.396 e. The average molecular weight is 194 g/mol. The van der Waals surface area contributed by atoms with Gasteiger partial charge in [-0.1, -0.05) is 0 Å². The van der Waals surface area contributed by atoms with Crippen LogP contribution in [-0.2, 0) is 0 Å². The molecule has 5 heteroatoms. The number of rotatable bonds is 7. The molecule has 0 radical (unpaired) electrons. The zero-order valence-corrected chi connectivity index (χ0v) is 7.56.